The minimum atomic E-state index is -3.41. The van der Waals surface area contributed by atoms with Gasteiger partial charge < -0.3 is 0 Å². The van der Waals surface area contributed by atoms with Crippen LogP contribution in [0.1, 0.15) is 46.5 Å². The van der Waals surface area contributed by atoms with E-state index in [1.807, 2.05) is 0 Å². The molecule has 0 saturated carbocycles. The lowest BCUT2D eigenvalue weighted by atomic mass is 10.2. The molecule has 0 aliphatic carbocycles. The second-order valence-electron chi connectivity index (χ2n) is 3.81. The molecule has 0 bridgehead atoms. The lowest BCUT2D eigenvalue weighted by molar-refractivity contribution is 0.101. The van der Waals surface area contributed by atoms with Gasteiger partial charge in [0.05, 0.1) is 19.3 Å². The van der Waals surface area contributed by atoms with Crippen LogP contribution in [-0.2, 0) is 18.1 Å². The Bertz CT molecular complexity index is 243. The maximum Gasteiger partial charge on any atom is 0.475 e. The first-order chi connectivity index (χ1) is 8.08. The summed E-state index contributed by atoms with van der Waals surface area (Å²) in [6.45, 7) is 9.92. The van der Waals surface area contributed by atoms with Crippen molar-refractivity contribution in [3.8, 4) is 0 Å². The molecule has 0 aromatic carbocycles. The Labute approximate surface area is 105 Å². The first kappa shape index (κ1) is 16.9. The van der Waals surface area contributed by atoms with Crippen molar-refractivity contribution in [2.75, 3.05) is 13.2 Å². The molecule has 4 nitrogen and oxygen atoms in total. The summed E-state index contributed by atoms with van der Waals surface area (Å²) in [4.78, 5) is 0. The predicted octanol–water partition coefficient (Wildman–Crippen LogP) is 4.32. The van der Waals surface area contributed by atoms with Crippen molar-refractivity contribution in [1.82, 2.24) is 0 Å². The normalized spacial score (nSPS) is 16.4. The topological polar surface area (TPSA) is 44.8 Å². The Balaban J connectivity index is 4.03. The number of unbranched alkanes of at least 4 members (excludes halogenated alkanes) is 3. The first-order valence-electron chi connectivity index (χ1n) is 6.28. The van der Waals surface area contributed by atoms with E-state index in [0.29, 0.717) is 13.2 Å². The molecule has 17 heavy (non-hydrogen) atoms. The largest absolute Gasteiger partial charge is 0.475 e. The van der Waals surface area contributed by atoms with Gasteiger partial charge >= 0.3 is 7.82 Å². The van der Waals surface area contributed by atoms with Crippen molar-refractivity contribution in [3.63, 3.8) is 0 Å². The molecule has 0 amide bonds. The van der Waals surface area contributed by atoms with Gasteiger partial charge in [0.25, 0.3) is 0 Å². The molecule has 0 aliphatic rings. The summed E-state index contributed by atoms with van der Waals surface area (Å²) in [5.41, 5.74) is 0. The molecule has 0 unspecified atom stereocenters. The molecule has 0 rings (SSSR count). The summed E-state index contributed by atoms with van der Waals surface area (Å²) in [5.74, 6) is 0. The van der Waals surface area contributed by atoms with Gasteiger partial charge in [-0.15, -0.1) is 6.58 Å². The van der Waals surface area contributed by atoms with Crippen molar-refractivity contribution in [1.29, 1.82) is 0 Å². The van der Waals surface area contributed by atoms with Crippen LogP contribution in [0.2, 0.25) is 0 Å². The number of phosphoric ester groups is 1. The SMILES string of the molecule is C=C[C@@H](C)O[P@@](=O)(OCC)OCCCCCC. The highest BCUT2D eigenvalue weighted by Gasteiger charge is 2.27. The molecule has 102 valence electrons. The van der Waals surface area contributed by atoms with Crippen molar-refractivity contribution in [2.45, 2.75) is 52.6 Å². The minimum absolute atomic E-state index is 0.302. The number of hydrogen-bond donors (Lipinski definition) is 0. The molecular weight excluding hydrogens is 239 g/mol. The van der Waals surface area contributed by atoms with Gasteiger partial charge in [0.15, 0.2) is 0 Å². The zero-order valence-corrected chi connectivity index (χ0v) is 12.1. The quantitative estimate of drug-likeness (QED) is 0.317. The molecule has 0 aliphatic heterocycles. The van der Waals surface area contributed by atoms with Gasteiger partial charge in [-0.3, -0.25) is 13.6 Å². The van der Waals surface area contributed by atoms with E-state index in [9.17, 15) is 4.57 Å². The zero-order valence-electron chi connectivity index (χ0n) is 11.2. The third-order valence-electron chi connectivity index (χ3n) is 2.16. The first-order valence-corrected chi connectivity index (χ1v) is 7.74. The predicted molar refractivity (Wildman–Crippen MR) is 70.1 cm³/mol. The van der Waals surface area contributed by atoms with Gasteiger partial charge in [0.2, 0.25) is 0 Å². The third kappa shape index (κ3) is 8.56. The maximum absolute atomic E-state index is 12.1. The molecule has 0 fully saturated rings. The molecule has 0 spiro atoms. The maximum atomic E-state index is 12.1. The van der Waals surface area contributed by atoms with Gasteiger partial charge in [-0.2, -0.15) is 0 Å². The second kappa shape index (κ2) is 9.84. The summed E-state index contributed by atoms with van der Waals surface area (Å²) in [5, 5.41) is 0. The Hall–Kier alpha value is -0.150. The Morgan fingerprint density at radius 1 is 1.24 bits per heavy atom. The minimum Gasteiger partial charge on any atom is -0.287 e. The van der Waals surface area contributed by atoms with E-state index >= 15 is 0 Å². The van der Waals surface area contributed by atoms with Gasteiger partial charge in [-0.05, 0) is 20.3 Å². The number of rotatable bonds is 11. The van der Waals surface area contributed by atoms with Crippen LogP contribution in [-0.4, -0.2) is 19.3 Å². The lowest BCUT2D eigenvalue weighted by Gasteiger charge is -2.19. The van der Waals surface area contributed by atoms with Crippen molar-refractivity contribution in [2.24, 2.45) is 0 Å². The van der Waals surface area contributed by atoms with Crippen molar-refractivity contribution in [3.05, 3.63) is 12.7 Å². The average molecular weight is 264 g/mol. The van der Waals surface area contributed by atoms with Crippen LogP contribution in [0.4, 0.5) is 0 Å². The summed E-state index contributed by atoms with van der Waals surface area (Å²) in [6.07, 6.45) is 5.48. The van der Waals surface area contributed by atoms with E-state index in [2.05, 4.69) is 13.5 Å². The van der Waals surface area contributed by atoms with Crippen LogP contribution in [0.15, 0.2) is 12.7 Å². The summed E-state index contributed by atoms with van der Waals surface area (Å²) < 4.78 is 27.7. The van der Waals surface area contributed by atoms with E-state index in [1.165, 1.54) is 0 Å². The summed E-state index contributed by atoms with van der Waals surface area (Å²) in [7, 11) is -3.41. The standard InChI is InChI=1S/C12H25O4P/c1-5-8-9-10-11-15-17(13,14-7-3)16-12(4)6-2/h6,12H,2,5,7-11H2,1,3-4H3/t12-,17+/m1/s1. The van der Waals surface area contributed by atoms with Gasteiger partial charge in [-0.25, -0.2) is 4.57 Å². The fourth-order valence-electron chi connectivity index (χ4n) is 1.21. The third-order valence-corrected chi connectivity index (χ3v) is 3.83. The van der Waals surface area contributed by atoms with Crippen LogP contribution in [0.25, 0.3) is 0 Å². The van der Waals surface area contributed by atoms with Crippen LogP contribution >= 0.6 is 7.82 Å². The van der Waals surface area contributed by atoms with E-state index in [4.69, 9.17) is 13.6 Å². The van der Waals surface area contributed by atoms with Gasteiger partial charge in [-0.1, -0.05) is 32.3 Å². The highest BCUT2D eigenvalue weighted by atomic mass is 31.2. The number of phosphoric acid groups is 1. The van der Waals surface area contributed by atoms with E-state index in [-0.39, 0.29) is 6.10 Å². The Kier molecular flexibility index (Phi) is 9.75. The molecule has 5 heteroatoms. The van der Waals surface area contributed by atoms with Gasteiger partial charge in [0.1, 0.15) is 0 Å². The molecule has 0 aromatic rings. The monoisotopic (exact) mass is 264 g/mol. The molecule has 0 aromatic heterocycles. The number of hydrogen-bond acceptors (Lipinski definition) is 4. The molecule has 0 heterocycles. The Morgan fingerprint density at radius 2 is 1.94 bits per heavy atom. The molecule has 2 atom stereocenters. The van der Waals surface area contributed by atoms with Crippen LogP contribution in [0.5, 0.6) is 0 Å². The van der Waals surface area contributed by atoms with Crippen molar-refractivity contribution < 1.29 is 18.1 Å². The molecule has 0 radical (unpaired) electrons. The molecule has 0 saturated heterocycles. The van der Waals surface area contributed by atoms with Crippen LogP contribution in [0, 0.1) is 0 Å². The second-order valence-corrected chi connectivity index (χ2v) is 5.43. The van der Waals surface area contributed by atoms with Crippen LogP contribution in [0.3, 0.4) is 0 Å². The summed E-state index contributed by atoms with van der Waals surface area (Å²) >= 11 is 0. The van der Waals surface area contributed by atoms with E-state index < -0.39 is 7.82 Å². The highest BCUT2D eigenvalue weighted by Crippen LogP contribution is 2.50. The molecule has 0 N–H and O–H groups in total. The fraction of sp³-hybridized carbons (Fsp3) is 0.833. The van der Waals surface area contributed by atoms with Crippen LogP contribution < -0.4 is 0 Å². The van der Waals surface area contributed by atoms with Gasteiger partial charge in [0, 0.05) is 0 Å². The highest BCUT2D eigenvalue weighted by molar-refractivity contribution is 7.48. The smallest absolute Gasteiger partial charge is 0.287 e. The summed E-state index contributed by atoms with van der Waals surface area (Å²) in [6, 6.07) is 0. The lowest BCUT2D eigenvalue weighted by Crippen LogP contribution is -2.07. The fourth-order valence-corrected chi connectivity index (χ4v) is 2.57. The zero-order chi connectivity index (χ0) is 13.1. The molecular formula is C12H25O4P. The average Bonchev–Trinajstić information content (AvgIpc) is 2.29. The van der Waals surface area contributed by atoms with E-state index in [0.717, 1.165) is 25.7 Å². The van der Waals surface area contributed by atoms with Crippen molar-refractivity contribution >= 4 is 7.82 Å². The Morgan fingerprint density at radius 3 is 2.47 bits per heavy atom. The van der Waals surface area contributed by atoms with E-state index in [1.54, 1.807) is 19.9 Å².